The van der Waals surface area contributed by atoms with Gasteiger partial charge in [-0.25, -0.2) is 4.98 Å². The molecule has 0 bridgehead atoms. The molecule has 1 aliphatic heterocycles. The Morgan fingerprint density at radius 1 is 1.31 bits per heavy atom. The number of hydrogen-bond acceptors (Lipinski definition) is 7. The number of aliphatic hydroxyl groups is 2. The summed E-state index contributed by atoms with van der Waals surface area (Å²) in [5.41, 5.74) is -2.34. The van der Waals surface area contributed by atoms with Crippen LogP contribution in [-0.2, 0) is 30.0 Å². The number of aliphatic hydroxyl groups excluding tert-OH is 1. The standard InChI is InChI=1S/C22H22N2O6.2Na/c1-3-12-13-7-11(26)5-6-17(13)23-19-14(12)9-24-18(19)8-16(15(10-25)20(24)27)22(30,4-2)21(28)29;;/h5-8,25-26,30H,3-4,9-10H2,1-2H3,(H,28,29);;/q;2*+1/p-2/t22-;;/m0../s1/i1D3;;. The molecule has 0 saturated carbocycles. The average Bonchev–Trinajstić information content (AvgIpc) is 3.11. The minimum Gasteiger partial charge on any atom is -0.872 e. The van der Waals surface area contributed by atoms with Crippen LogP contribution in [0, 0.1) is 0 Å². The first kappa shape index (κ1) is 22.6. The third-order valence-corrected chi connectivity index (χ3v) is 5.76. The van der Waals surface area contributed by atoms with Gasteiger partial charge >= 0.3 is 59.1 Å². The molecule has 2 aromatic heterocycles. The second-order valence-corrected chi connectivity index (χ2v) is 7.25. The molecule has 2 N–H and O–H groups in total. The zero-order chi connectivity index (χ0) is 24.3. The van der Waals surface area contributed by atoms with Gasteiger partial charge in [0.15, 0.2) is 0 Å². The van der Waals surface area contributed by atoms with Crippen LogP contribution in [0.2, 0.25) is 0 Å². The van der Waals surface area contributed by atoms with Gasteiger partial charge in [0.05, 0.1) is 36.0 Å². The van der Waals surface area contributed by atoms with Crippen molar-refractivity contribution in [3.05, 3.63) is 56.9 Å². The summed E-state index contributed by atoms with van der Waals surface area (Å²) in [5.74, 6) is -2.14. The molecule has 8 nitrogen and oxygen atoms in total. The Bertz CT molecular complexity index is 1380. The smallest absolute Gasteiger partial charge is 0.872 e. The van der Waals surface area contributed by atoms with E-state index in [4.69, 9.17) is 4.11 Å². The number of hydrogen-bond donors (Lipinski definition) is 2. The number of fused-ring (bicyclic) bond motifs is 4. The molecule has 0 radical (unpaired) electrons. The molecule has 0 saturated heterocycles. The van der Waals surface area contributed by atoms with Gasteiger partial charge in [-0.2, -0.15) is 0 Å². The Kier molecular flexibility index (Phi) is 7.01. The third kappa shape index (κ3) is 3.97. The molecule has 4 rings (SSSR count). The molecule has 3 aromatic rings. The molecule has 1 aromatic carbocycles. The second kappa shape index (κ2) is 9.95. The summed E-state index contributed by atoms with van der Waals surface area (Å²) in [6, 6.07) is 5.31. The number of aromatic nitrogens is 2. The first-order valence-electron chi connectivity index (χ1n) is 10.9. The molecular weight excluding hydrogens is 434 g/mol. The van der Waals surface area contributed by atoms with E-state index >= 15 is 0 Å². The maximum atomic E-state index is 13.2. The fraction of sp³-hybridized carbons (Fsp3) is 0.318. The van der Waals surface area contributed by atoms with E-state index in [9.17, 15) is 30.0 Å². The van der Waals surface area contributed by atoms with Crippen molar-refractivity contribution in [2.24, 2.45) is 0 Å². The summed E-state index contributed by atoms with van der Waals surface area (Å²) >= 11 is 0. The number of benzene rings is 1. The van der Waals surface area contributed by atoms with Crippen LogP contribution in [0.4, 0.5) is 0 Å². The van der Waals surface area contributed by atoms with E-state index in [-0.39, 0.29) is 107 Å². The van der Waals surface area contributed by atoms with E-state index in [1.54, 1.807) is 0 Å². The van der Waals surface area contributed by atoms with Gasteiger partial charge in [-0.1, -0.05) is 25.9 Å². The van der Waals surface area contributed by atoms with E-state index in [0.717, 1.165) is 0 Å². The third-order valence-electron chi connectivity index (χ3n) is 5.76. The average molecular weight is 457 g/mol. The van der Waals surface area contributed by atoms with Gasteiger partial charge in [-0.15, -0.1) is 5.75 Å². The number of aryl methyl sites for hydroxylation is 1. The molecule has 0 aliphatic carbocycles. The van der Waals surface area contributed by atoms with Crippen LogP contribution in [0.15, 0.2) is 29.1 Å². The van der Waals surface area contributed by atoms with Gasteiger partial charge in [0, 0.05) is 26.2 Å². The Morgan fingerprint density at radius 2 is 2.03 bits per heavy atom. The number of carbonyl (C=O) groups is 1. The zero-order valence-corrected chi connectivity index (χ0v) is 22.1. The molecule has 1 aliphatic rings. The van der Waals surface area contributed by atoms with Gasteiger partial charge in [-0.3, -0.25) is 4.79 Å². The summed E-state index contributed by atoms with van der Waals surface area (Å²) in [6.45, 7) is -1.88. The van der Waals surface area contributed by atoms with Crippen LogP contribution >= 0.6 is 0 Å². The predicted molar refractivity (Wildman–Crippen MR) is 104 cm³/mol. The van der Waals surface area contributed by atoms with Crippen LogP contribution in [0.1, 0.15) is 46.6 Å². The van der Waals surface area contributed by atoms with E-state index in [1.807, 2.05) is 0 Å². The predicted octanol–water partition coefficient (Wildman–Crippen LogP) is -6.09. The Balaban J connectivity index is 0.00000216. The molecule has 10 heteroatoms. The second-order valence-electron chi connectivity index (χ2n) is 7.25. The Morgan fingerprint density at radius 3 is 2.62 bits per heavy atom. The fourth-order valence-electron chi connectivity index (χ4n) is 4.10. The van der Waals surface area contributed by atoms with Gasteiger partial charge in [-0.05, 0) is 30.5 Å². The minimum absolute atomic E-state index is 0. The molecule has 3 heterocycles. The molecule has 0 unspecified atom stereocenters. The Hall–Kier alpha value is -1.23. The number of aliphatic carboxylic acids is 1. The maximum absolute atomic E-state index is 13.2. The Labute approximate surface area is 232 Å². The summed E-state index contributed by atoms with van der Waals surface area (Å²) < 4.78 is 24.5. The summed E-state index contributed by atoms with van der Waals surface area (Å²) in [4.78, 5) is 29.5. The van der Waals surface area contributed by atoms with Crippen LogP contribution in [0.3, 0.4) is 0 Å². The summed E-state index contributed by atoms with van der Waals surface area (Å²) in [7, 11) is 0. The van der Waals surface area contributed by atoms with E-state index in [0.29, 0.717) is 22.0 Å². The van der Waals surface area contributed by atoms with Crippen molar-refractivity contribution in [1.82, 2.24) is 9.55 Å². The van der Waals surface area contributed by atoms with Crippen LogP contribution in [0.5, 0.6) is 5.75 Å². The molecule has 156 valence electrons. The monoisotopic (exact) mass is 457 g/mol. The first-order chi connectivity index (χ1) is 15.4. The van der Waals surface area contributed by atoms with E-state index in [2.05, 4.69) is 4.98 Å². The van der Waals surface area contributed by atoms with Crippen molar-refractivity contribution >= 4 is 16.9 Å². The molecule has 1 atom stereocenters. The number of nitrogens with zero attached hydrogens (tertiary/aromatic N) is 2. The summed E-state index contributed by atoms with van der Waals surface area (Å²) in [5, 5.41) is 44.6. The fourth-order valence-corrected chi connectivity index (χ4v) is 4.10. The van der Waals surface area contributed by atoms with Crippen molar-refractivity contribution in [2.75, 3.05) is 0 Å². The molecule has 32 heavy (non-hydrogen) atoms. The van der Waals surface area contributed by atoms with Gasteiger partial charge in [0.2, 0.25) is 0 Å². The molecule has 0 spiro atoms. The zero-order valence-electron chi connectivity index (χ0n) is 21.1. The largest absolute Gasteiger partial charge is 1.00 e. The molecule has 0 fully saturated rings. The van der Waals surface area contributed by atoms with Crippen molar-refractivity contribution < 1.29 is 88.4 Å². The number of carboxylic acid groups (broad SMARTS) is 1. The maximum Gasteiger partial charge on any atom is 1.00 e. The quantitative estimate of drug-likeness (QED) is 0.285. The normalized spacial score (nSPS) is 15.3. The molecule has 0 amide bonds. The topological polar surface area (TPSA) is 139 Å². The number of rotatable bonds is 5. The van der Waals surface area contributed by atoms with Gasteiger partial charge < -0.3 is 29.8 Å². The van der Waals surface area contributed by atoms with E-state index < -0.39 is 30.6 Å². The number of carbonyl (C=O) groups excluding carboxylic acids is 1. The van der Waals surface area contributed by atoms with E-state index in [1.165, 1.54) is 35.8 Å². The minimum atomic E-state index is -2.52. The van der Waals surface area contributed by atoms with Gasteiger partial charge in [0.1, 0.15) is 5.60 Å². The number of pyridine rings is 2. The summed E-state index contributed by atoms with van der Waals surface area (Å²) in [6.07, 6.45) is -0.696. The van der Waals surface area contributed by atoms with Crippen molar-refractivity contribution in [2.45, 2.75) is 45.4 Å². The number of carboxylic acids is 1. The van der Waals surface area contributed by atoms with Crippen LogP contribution in [0.25, 0.3) is 22.3 Å². The van der Waals surface area contributed by atoms with Gasteiger partial charge in [0.25, 0.3) is 5.56 Å². The SMILES string of the molecule is [2H]C([2H])([2H])Cc1c2c(nc3ccc([O-])cc13)-c1cc([C@@](O)(CC)C(=O)[O-])c(CO)c(=O)n1C2.[Na+].[Na+]. The van der Waals surface area contributed by atoms with Crippen molar-refractivity contribution in [3.63, 3.8) is 0 Å². The first-order valence-corrected chi connectivity index (χ1v) is 9.36. The van der Waals surface area contributed by atoms with Crippen LogP contribution < -0.4 is 74.9 Å². The molecular formula is C22H20N2Na2O6. The van der Waals surface area contributed by atoms with Crippen molar-refractivity contribution in [1.29, 1.82) is 0 Å². The van der Waals surface area contributed by atoms with Crippen LogP contribution in [-0.4, -0.2) is 25.7 Å². The van der Waals surface area contributed by atoms with Crippen molar-refractivity contribution in [3.8, 4) is 17.1 Å².